The van der Waals surface area contributed by atoms with Gasteiger partial charge in [-0.1, -0.05) is 55.8 Å². The minimum Gasteiger partial charge on any atom is -0.0859 e. The summed E-state index contributed by atoms with van der Waals surface area (Å²) < 4.78 is 0. The van der Waals surface area contributed by atoms with Gasteiger partial charge in [0.2, 0.25) is 0 Å². The van der Waals surface area contributed by atoms with Crippen LogP contribution in [0.5, 0.6) is 0 Å². The third-order valence-corrected chi connectivity index (χ3v) is 2.88. The molecule has 0 aromatic heterocycles. The van der Waals surface area contributed by atoms with Crippen LogP contribution in [0.3, 0.4) is 0 Å². The van der Waals surface area contributed by atoms with Crippen LogP contribution >= 0.6 is 0 Å². The van der Waals surface area contributed by atoms with E-state index in [1.807, 2.05) is 0 Å². The van der Waals surface area contributed by atoms with Gasteiger partial charge in [-0.15, -0.1) is 0 Å². The summed E-state index contributed by atoms with van der Waals surface area (Å²) in [5.74, 6) is 0.689. The fourth-order valence-electron chi connectivity index (χ4n) is 2.04. The predicted molar refractivity (Wildman–Crippen MR) is 68.1 cm³/mol. The Morgan fingerprint density at radius 3 is 2.40 bits per heavy atom. The van der Waals surface area contributed by atoms with E-state index in [0.29, 0.717) is 5.92 Å². The van der Waals surface area contributed by atoms with Gasteiger partial charge in [-0.05, 0) is 37.7 Å². The van der Waals surface area contributed by atoms with Gasteiger partial charge < -0.3 is 0 Å². The molecule has 1 aromatic carbocycles. The number of hydrogen-bond acceptors (Lipinski definition) is 0. The number of benzene rings is 1. The molecule has 0 fully saturated rings. The summed E-state index contributed by atoms with van der Waals surface area (Å²) in [5, 5.41) is 0. The lowest BCUT2D eigenvalue weighted by molar-refractivity contribution is 0.654. The van der Waals surface area contributed by atoms with E-state index in [-0.39, 0.29) is 0 Å². The molecular weight excluding hydrogens is 180 g/mol. The lowest BCUT2D eigenvalue weighted by Gasteiger charge is -2.15. The van der Waals surface area contributed by atoms with Crippen molar-refractivity contribution in [2.45, 2.75) is 46.0 Å². The summed E-state index contributed by atoms with van der Waals surface area (Å²) in [4.78, 5) is 0. The number of rotatable bonds is 5. The van der Waals surface area contributed by atoms with Crippen LogP contribution in [-0.2, 0) is 0 Å². The van der Waals surface area contributed by atoms with Crippen LogP contribution < -0.4 is 0 Å². The Hall–Kier alpha value is -1.04. The molecule has 0 amide bonds. The van der Waals surface area contributed by atoms with Gasteiger partial charge in [0.25, 0.3) is 0 Å². The summed E-state index contributed by atoms with van der Waals surface area (Å²) in [6, 6.07) is 10.8. The molecule has 15 heavy (non-hydrogen) atoms. The third kappa shape index (κ3) is 3.91. The molecule has 0 heteroatoms. The topological polar surface area (TPSA) is 0 Å². The van der Waals surface area contributed by atoms with E-state index in [4.69, 9.17) is 0 Å². The Labute approximate surface area is 94.0 Å². The molecule has 82 valence electrons. The molecule has 0 saturated heterocycles. The van der Waals surface area contributed by atoms with Gasteiger partial charge in [0.15, 0.2) is 0 Å². The van der Waals surface area contributed by atoms with Gasteiger partial charge >= 0.3 is 0 Å². The zero-order valence-electron chi connectivity index (χ0n) is 10.2. The summed E-state index contributed by atoms with van der Waals surface area (Å²) in [6.07, 6.45) is 5.91. The smallest absolute Gasteiger partial charge is 0.0127 e. The van der Waals surface area contributed by atoms with Crippen molar-refractivity contribution in [3.05, 3.63) is 47.5 Å². The molecule has 0 heterocycles. The fourth-order valence-corrected chi connectivity index (χ4v) is 2.04. The van der Waals surface area contributed by atoms with Crippen molar-refractivity contribution in [1.82, 2.24) is 0 Å². The Morgan fingerprint density at radius 1 is 1.20 bits per heavy atom. The van der Waals surface area contributed by atoms with E-state index < -0.39 is 0 Å². The second-order valence-electron chi connectivity index (χ2n) is 4.18. The first kappa shape index (κ1) is 12.0. The summed E-state index contributed by atoms with van der Waals surface area (Å²) in [5.41, 5.74) is 3.00. The van der Waals surface area contributed by atoms with Crippen LogP contribution in [0.4, 0.5) is 0 Å². The van der Waals surface area contributed by atoms with Crippen molar-refractivity contribution < 1.29 is 0 Å². The minimum absolute atomic E-state index is 0.689. The molecule has 1 unspecified atom stereocenters. The van der Waals surface area contributed by atoms with Crippen molar-refractivity contribution in [2.24, 2.45) is 0 Å². The first-order valence-electron chi connectivity index (χ1n) is 5.98. The highest BCUT2D eigenvalue weighted by molar-refractivity contribution is 5.21. The first-order chi connectivity index (χ1) is 7.27. The van der Waals surface area contributed by atoms with E-state index in [1.165, 1.54) is 24.0 Å². The molecular formula is C15H22. The van der Waals surface area contributed by atoms with Crippen LogP contribution in [0.25, 0.3) is 0 Å². The average molecular weight is 202 g/mol. The minimum atomic E-state index is 0.689. The Bertz CT molecular complexity index is 295. The van der Waals surface area contributed by atoms with Gasteiger partial charge in [0, 0.05) is 0 Å². The van der Waals surface area contributed by atoms with Gasteiger partial charge in [0.1, 0.15) is 0 Å². The molecule has 0 aliphatic rings. The van der Waals surface area contributed by atoms with Gasteiger partial charge in [-0.3, -0.25) is 0 Å². The number of allylic oxidation sites excluding steroid dienone is 2. The number of hydrogen-bond donors (Lipinski definition) is 0. The van der Waals surface area contributed by atoms with Crippen LogP contribution in [0, 0.1) is 0 Å². The molecule has 0 radical (unpaired) electrons. The van der Waals surface area contributed by atoms with Crippen LogP contribution in [-0.4, -0.2) is 0 Å². The van der Waals surface area contributed by atoms with E-state index in [0.717, 1.165) is 6.42 Å². The maximum absolute atomic E-state index is 2.34. The lowest BCUT2D eigenvalue weighted by Crippen LogP contribution is -1.97. The molecule has 1 atom stereocenters. The molecule has 0 bridgehead atoms. The quantitative estimate of drug-likeness (QED) is 0.594. The Morgan fingerprint density at radius 2 is 1.87 bits per heavy atom. The lowest BCUT2D eigenvalue weighted by atomic mass is 9.90. The van der Waals surface area contributed by atoms with Crippen LogP contribution in [0.15, 0.2) is 42.0 Å². The predicted octanol–water partition coefficient (Wildman–Crippen LogP) is 4.93. The molecule has 1 aromatic rings. The molecule has 0 spiro atoms. The van der Waals surface area contributed by atoms with Crippen molar-refractivity contribution in [3.8, 4) is 0 Å². The Balaban J connectivity index is 2.69. The first-order valence-corrected chi connectivity index (χ1v) is 5.98. The monoisotopic (exact) mass is 202 g/mol. The zero-order chi connectivity index (χ0) is 11.1. The maximum Gasteiger partial charge on any atom is -0.0127 e. The summed E-state index contributed by atoms with van der Waals surface area (Å²) in [6.45, 7) is 6.72. The second-order valence-corrected chi connectivity index (χ2v) is 4.18. The summed E-state index contributed by atoms with van der Waals surface area (Å²) in [7, 11) is 0. The molecule has 0 saturated carbocycles. The SMILES string of the molecule is CCC=C(C)CC(CC)c1ccccc1. The van der Waals surface area contributed by atoms with Crippen LogP contribution in [0.1, 0.15) is 51.5 Å². The van der Waals surface area contributed by atoms with Crippen molar-refractivity contribution in [1.29, 1.82) is 0 Å². The van der Waals surface area contributed by atoms with Crippen LogP contribution in [0.2, 0.25) is 0 Å². The Kier molecular flexibility index (Phi) is 5.17. The van der Waals surface area contributed by atoms with E-state index >= 15 is 0 Å². The maximum atomic E-state index is 2.34. The van der Waals surface area contributed by atoms with Gasteiger partial charge in [-0.25, -0.2) is 0 Å². The van der Waals surface area contributed by atoms with Crippen molar-refractivity contribution in [3.63, 3.8) is 0 Å². The van der Waals surface area contributed by atoms with E-state index in [1.54, 1.807) is 0 Å². The second kappa shape index (κ2) is 6.44. The molecule has 0 nitrogen and oxygen atoms in total. The summed E-state index contributed by atoms with van der Waals surface area (Å²) >= 11 is 0. The highest BCUT2D eigenvalue weighted by Crippen LogP contribution is 2.26. The molecule has 0 N–H and O–H groups in total. The molecule has 0 aliphatic heterocycles. The normalized spacial score (nSPS) is 13.9. The zero-order valence-corrected chi connectivity index (χ0v) is 10.2. The van der Waals surface area contributed by atoms with E-state index in [2.05, 4.69) is 57.2 Å². The van der Waals surface area contributed by atoms with Crippen molar-refractivity contribution in [2.75, 3.05) is 0 Å². The van der Waals surface area contributed by atoms with Gasteiger partial charge in [-0.2, -0.15) is 0 Å². The van der Waals surface area contributed by atoms with Crippen molar-refractivity contribution >= 4 is 0 Å². The third-order valence-electron chi connectivity index (χ3n) is 2.88. The highest BCUT2D eigenvalue weighted by atomic mass is 14.1. The molecule has 1 rings (SSSR count). The highest BCUT2D eigenvalue weighted by Gasteiger charge is 2.08. The van der Waals surface area contributed by atoms with E-state index in [9.17, 15) is 0 Å². The van der Waals surface area contributed by atoms with Gasteiger partial charge in [0.05, 0.1) is 0 Å². The fraction of sp³-hybridized carbons (Fsp3) is 0.467. The standard InChI is InChI=1S/C15H22/c1-4-9-13(3)12-14(5-2)15-10-7-6-8-11-15/h6-11,14H,4-5,12H2,1-3H3. The largest absolute Gasteiger partial charge is 0.0859 e. The average Bonchev–Trinajstić information content (AvgIpc) is 2.27. The molecule has 0 aliphatic carbocycles.